The van der Waals surface area contributed by atoms with Gasteiger partial charge in [-0.15, -0.1) is 0 Å². The highest BCUT2D eigenvalue weighted by molar-refractivity contribution is 7.91. The Labute approximate surface area is 152 Å². The fourth-order valence-electron chi connectivity index (χ4n) is 2.84. The maximum Gasteiger partial charge on any atom is 0.255 e. The quantitative estimate of drug-likeness (QED) is 0.805. The monoisotopic (exact) mass is 378 g/mol. The van der Waals surface area contributed by atoms with Crippen LogP contribution in [0, 0.1) is 0 Å². The van der Waals surface area contributed by atoms with Crippen molar-refractivity contribution in [2.75, 3.05) is 19.0 Å². The zero-order valence-corrected chi connectivity index (χ0v) is 15.6. The Bertz CT molecular complexity index is 891. The zero-order chi connectivity index (χ0) is 18.7. The molecule has 0 aliphatic carbocycles. The molecule has 2 heterocycles. The van der Waals surface area contributed by atoms with E-state index in [-0.39, 0.29) is 33.8 Å². The molecule has 1 atom stereocenters. The summed E-state index contributed by atoms with van der Waals surface area (Å²) >= 11 is 0. The minimum absolute atomic E-state index is 0.0577. The number of hydrogen-bond acceptors (Lipinski definition) is 5. The molecule has 8 heteroatoms. The summed E-state index contributed by atoms with van der Waals surface area (Å²) in [5, 5.41) is 2.93. The topological polar surface area (TPSA) is 97.5 Å². The molecule has 140 valence electrons. The van der Waals surface area contributed by atoms with Crippen molar-refractivity contribution >= 4 is 15.7 Å². The highest BCUT2D eigenvalue weighted by atomic mass is 32.2. The number of sulfone groups is 1. The fraction of sp³-hybridized carbons (Fsp3) is 0.389. The van der Waals surface area contributed by atoms with E-state index in [1.165, 1.54) is 12.1 Å². The van der Waals surface area contributed by atoms with Gasteiger partial charge in [0.1, 0.15) is 13.2 Å². The van der Waals surface area contributed by atoms with E-state index in [4.69, 9.17) is 9.47 Å². The largest absolute Gasteiger partial charge is 0.486 e. The van der Waals surface area contributed by atoms with Crippen molar-refractivity contribution < 1.29 is 22.7 Å². The van der Waals surface area contributed by atoms with Crippen molar-refractivity contribution in [1.29, 1.82) is 0 Å². The molecule has 2 N–H and O–H groups in total. The molecule has 1 aliphatic rings. The van der Waals surface area contributed by atoms with Gasteiger partial charge in [-0.3, -0.25) is 4.79 Å². The number of rotatable bonds is 6. The number of carbonyl (C=O) groups is 1. The average Bonchev–Trinajstić information content (AvgIpc) is 3.19. The minimum Gasteiger partial charge on any atom is -0.486 e. The molecule has 0 saturated heterocycles. The third kappa shape index (κ3) is 3.55. The van der Waals surface area contributed by atoms with Crippen molar-refractivity contribution in [3.05, 3.63) is 41.7 Å². The predicted octanol–water partition coefficient (Wildman–Crippen LogP) is 2.46. The summed E-state index contributed by atoms with van der Waals surface area (Å²) in [6, 6.07) is 6.32. The van der Waals surface area contributed by atoms with Gasteiger partial charge in [0.25, 0.3) is 5.91 Å². The summed E-state index contributed by atoms with van der Waals surface area (Å²) in [5.41, 5.74) is 1.04. The van der Waals surface area contributed by atoms with Crippen LogP contribution in [0.1, 0.15) is 42.4 Å². The van der Waals surface area contributed by atoms with Gasteiger partial charge in [0.15, 0.2) is 21.3 Å². The summed E-state index contributed by atoms with van der Waals surface area (Å²) in [4.78, 5) is 16.0. The van der Waals surface area contributed by atoms with Crippen LogP contribution >= 0.6 is 0 Å². The molecule has 1 aliphatic heterocycles. The number of H-pyrrole nitrogens is 1. The number of aromatic amines is 1. The molecule has 1 aromatic heterocycles. The lowest BCUT2D eigenvalue weighted by molar-refractivity contribution is 0.0923. The van der Waals surface area contributed by atoms with Crippen molar-refractivity contribution in [1.82, 2.24) is 10.3 Å². The summed E-state index contributed by atoms with van der Waals surface area (Å²) < 4.78 is 35.7. The molecule has 2 aromatic rings. The summed E-state index contributed by atoms with van der Waals surface area (Å²) in [7, 11) is -3.49. The molecule has 0 saturated carbocycles. The Morgan fingerprint density at radius 3 is 2.69 bits per heavy atom. The fourth-order valence-corrected chi connectivity index (χ4v) is 3.76. The molecule has 1 aromatic carbocycles. The van der Waals surface area contributed by atoms with E-state index in [9.17, 15) is 13.2 Å². The molecule has 0 radical (unpaired) electrons. The van der Waals surface area contributed by atoms with Crippen LogP contribution in [-0.4, -0.2) is 38.3 Å². The molecule has 26 heavy (non-hydrogen) atoms. The zero-order valence-electron chi connectivity index (χ0n) is 14.7. The first kappa shape index (κ1) is 18.3. The van der Waals surface area contributed by atoms with Crippen LogP contribution in [-0.2, 0) is 9.84 Å². The number of aromatic nitrogens is 1. The molecule has 3 rings (SSSR count). The van der Waals surface area contributed by atoms with E-state index in [1.807, 2.05) is 19.1 Å². The van der Waals surface area contributed by atoms with Crippen LogP contribution in [0.4, 0.5) is 0 Å². The molecular weight excluding hydrogens is 356 g/mol. The SMILES string of the molecule is CCC(NC(=O)c1cc(S(=O)(=O)CC)cc2c1OCCO2)c1ccc[nH]1. The van der Waals surface area contributed by atoms with E-state index in [1.54, 1.807) is 13.1 Å². The second-order valence-corrected chi connectivity index (χ2v) is 8.24. The van der Waals surface area contributed by atoms with Crippen molar-refractivity contribution in [2.45, 2.75) is 31.2 Å². The Morgan fingerprint density at radius 1 is 1.27 bits per heavy atom. The number of fused-ring (bicyclic) bond motifs is 1. The van der Waals surface area contributed by atoms with Gasteiger partial charge in [0, 0.05) is 18.0 Å². The van der Waals surface area contributed by atoms with E-state index in [0.29, 0.717) is 19.6 Å². The van der Waals surface area contributed by atoms with Gasteiger partial charge in [-0.25, -0.2) is 8.42 Å². The van der Waals surface area contributed by atoms with E-state index >= 15 is 0 Å². The van der Waals surface area contributed by atoms with E-state index in [2.05, 4.69) is 10.3 Å². The van der Waals surface area contributed by atoms with Gasteiger partial charge in [0.2, 0.25) is 0 Å². The maximum absolute atomic E-state index is 12.9. The number of hydrogen-bond donors (Lipinski definition) is 2. The second-order valence-electron chi connectivity index (χ2n) is 5.96. The van der Waals surface area contributed by atoms with Crippen LogP contribution in [0.2, 0.25) is 0 Å². The lowest BCUT2D eigenvalue weighted by Gasteiger charge is -2.23. The van der Waals surface area contributed by atoms with Gasteiger partial charge >= 0.3 is 0 Å². The number of nitrogens with one attached hydrogen (secondary N) is 2. The summed E-state index contributed by atoms with van der Waals surface area (Å²) in [5.74, 6) is 0.101. The van der Waals surface area contributed by atoms with Crippen LogP contribution < -0.4 is 14.8 Å². The highest BCUT2D eigenvalue weighted by Gasteiger charge is 2.27. The second kappa shape index (κ2) is 7.41. The molecule has 7 nitrogen and oxygen atoms in total. The standard InChI is InChI=1S/C18H22N2O5S/c1-3-14(15-6-5-7-19-15)20-18(21)13-10-12(26(22,23)4-2)11-16-17(13)25-9-8-24-16/h5-7,10-11,14,19H,3-4,8-9H2,1-2H3,(H,20,21). The van der Waals surface area contributed by atoms with Crippen LogP contribution in [0.15, 0.2) is 35.4 Å². The molecule has 1 amide bonds. The lowest BCUT2D eigenvalue weighted by atomic mass is 10.1. The first-order valence-corrected chi connectivity index (χ1v) is 10.2. The highest BCUT2D eigenvalue weighted by Crippen LogP contribution is 2.37. The molecular formula is C18H22N2O5S. The van der Waals surface area contributed by atoms with Crippen LogP contribution in [0.5, 0.6) is 11.5 Å². The molecule has 0 spiro atoms. The predicted molar refractivity (Wildman–Crippen MR) is 96.4 cm³/mol. The summed E-state index contributed by atoms with van der Waals surface area (Å²) in [6.07, 6.45) is 2.47. The Kier molecular flexibility index (Phi) is 5.22. The van der Waals surface area contributed by atoms with Crippen molar-refractivity contribution in [2.24, 2.45) is 0 Å². The Balaban J connectivity index is 1.99. The first-order chi connectivity index (χ1) is 12.5. The van der Waals surface area contributed by atoms with Crippen molar-refractivity contribution in [3.63, 3.8) is 0 Å². The van der Waals surface area contributed by atoms with Gasteiger partial charge in [0.05, 0.1) is 22.3 Å². The minimum atomic E-state index is -3.49. The number of benzene rings is 1. The van der Waals surface area contributed by atoms with E-state index in [0.717, 1.165) is 5.69 Å². The van der Waals surface area contributed by atoms with Crippen LogP contribution in [0.3, 0.4) is 0 Å². The lowest BCUT2D eigenvalue weighted by Crippen LogP contribution is -2.30. The molecule has 1 unspecified atom stereocenters. The maximum atomic E-state index is 12.9. The molecule has 0 bridgehead atoms. The third-order valence-electron chi connectivity index (χ3n) is 4.31. The Morgan fingerprint density at radius 2 is 2.04 bits per heavy atom. The van der Waals surface area contributed by atoms with Crippen molar-refractivity contribution in [3.8, 4) is 11.5 Å². The van der Waals surface area contributed by atoms with Gasteiger partial charge in [-0.1, -0.05) is 13.8 Å². The normalized spacial score (nSPS) is 14.7. The van der Waals surface area contributed by atoms with Gasteiger partial charge < -0.3 is 19.8 Å². The first-order valence-electron chi connectivity index (χ1n) is 8.56. The number of ether oxygens (including phenoxy) is 2. The van der Waals surface area contributed by atoms with Crippen LogP contribution in [0.25, 0.3) is 0 Å². The smallest absolute Gasteiger partial charge is 0.255 e. The Hall–Kier alpha value is -2.48. The molecule has 0 fully saturated rings. The van der Waals surface area contributed by atoms with Gasteiger partial charge in [-0.2, -0.15) is 0 Å². The van der Waals surface area contributed by atoms with Gasteiger partial charge in [-0.05, 0) is 24.6 Å². The number of carbonyl (C=O) groups excluding carboxylic acids is 1. The third-order valence-corrected chi connectivity index (χ3v) is 6.02. The average molecular weight is 378 g/mol. The summed E-state index contributed by atoms with van der Waals surface area (Å²) in [6.45, 7) is 4.13. The van der Waals surface area contributed by atoms with E-state index < -0.39 is 15.7 Å². The number of amides is 1.